The lowest BCUT2D eigenvalue weighted by atomic mass is 10.0. The van der Waals surface area contributed by atoms with Crippen molar-refractivity contribution in [3.05, 3.63) is 29.3 Å². The van der Waals surface area contributed by atoms with Crippen molar-refractivity contribution in [2.45, 2.75) is 31.7 Å². The largest absolute Gasteiger partial charge is 0.379 e. The zero-order valence-electron chi connectivity index (χ0n) is 15.7. The van der Waals surface area contributed by atoms with Gasteiger partial charge in [0.05, 0.1) is 29.5 Å². The molecule has 1 aromatic heterocycles. The van der Waals surface area contributed by atoms with Gasteiger partial charge in [0.15, 0.2) is 0 Å². The molecule has 0 bridgehead atoms. The van der Waals surface area contributed by atoms with Gasteiger partial charge in [-0.1, -0.05) is 12.1 Å². The van der Waals surface area contributed by atoms with Gasteiger partial charge in [-0.15, -0.1) is 11.3 Å². The van der Waals surface area contributed by atoms with E-state index in [-0.39, 0.29) is 12.1 Å². The molecule has 0 unspecified atom stereocenters. The Morgan fingerprint density at radius 1 is 1.22 bits per heavy atom. The van der Waals surface area contributed by atoms with E-state index in [9.17, 15) is 4.79 Å². The van der Waals surface area contributed by atoms with Crippen molar-refractivity contribution in [2.24, 2.45) is 0 Å². The number of aromatic nitrogens is 1. The second-order valence-electron chi connectivity index (χ2n) is 7.26. The molecule has 1 aromatic carbocycles. The molecular weight excluding hydrogens is 360 g/mol. The Morgan fingerprint density at radius 3 is 2.93 bits per heavy atom. The predicted octanol–water partition coefficient (Wildman–Crippen LogP) is 3.26. The second-order valence-corrected chi connectivity index (χ2v) is 8.33. The van der Waals surface area contributed by atoms with Gasteiger partial charge in [-0.05, 0) is 44.4 Å². The minimum absolute atomic E-state index is 0.0564. The van der Waals surface area contributed by atoms with E-state index in [0.717, 1.165) is 82.1 Å². The summed E-state index contributed by atoms with van der Waals surface area (Å²) in [4.78, 5) is 22.0. The Bertz CT molecular complexity index is 726. The van der Waals surface area contributed by atoms with Gasteiger partial charge in [0.1, 0.15) is 5.01 Å². The number of carbonyl (C=O) groups excluding carboxylic acids is 1. The maximum atomic E-state index is 12.8. The first-order chi connectivity index (χ1) is 13.3. The van der Waals surface area contributed by atoms with Gasteiger partial charge in [-0.2, -0.15) is 0 Å². The molecule has 27 heavy (non-hydrogen) atoms. The summed E-state index contributed by atoms with van der Waals surface area (Å²) in [5.41, 5.74) is 1.04. The van der Waals surface area contributed by atoms with Crippen LogP contribution in [0, 0.1) is 0 Å². The molecule has 2 fully saturated rings. The van der Waals surface area contributed by atoms with E-state index >= 15 is 0 Å². The summed E-state index contributed by atoms with van der Waals surface area (Å²) < 4.78 is 6.57. The second kappa shape index (κ2) is 8.99. The van der Waals surface area contributed by atoms with Gasteiger partial charge < -0.3 is 15.0 Å². The number of urea groups is 1. The van der Waals surface area contributed by atoms with Crippen molar-refractivity contribution >= 4 is 27.6 Å². The summed E-state index contributed by atoms with van der Waals surface area (Å²) in [6.07, 6.45) is 4.20. The standard InChI is InChI=1S/C20H28N4O2S/c25-20(21-9-5-10-23-12-14-26-15-13-23)24-11-4-3-7-17(24)19-22-16-6-1-2-8-18(16)27-19/h1-2,6,8,17H,3-5,7,9-15H2,(H,21,25)/t17-/m1/s1. The molecule has 4 rings (SSSR count). The molecule has 0 aliphatic carbocycles. The zero-order valence-corrected chi connectivity index (χ0v) is 16.5. The van der Waals surface area contributed by atoms with Crippen LogP contribution in [0.4, 0.5) is 4.79 Å². The molecule has 3 heterocycles. The van der Waals surface area contributed by atoms with E-state index in [2.05, 4.69) is 16.3 Å². The first kappa shape index (κ1) is 18.7. The number of ether oxygens (including phenoxy) is 1. The summed E-state index contributed by atoms with van der Waals surface area (Å²) in [7, 11) is 0. The first-order valence-corrected chi connectivity index (χ1v) is 10.8. The normalized spacial score (nSPS) is 21.5. The number of benzene rings is 1. The van der Waals surface area contributed by atoms with Crippen LogP contribution in [-0.2, 0) is 4.74 Å². The SMILES string of the molecule is O=C(NCCCN1CCOCC1)N1CCCC[C@@H]1c1nc2ccccc2s1. The van der Waals surface area contributed by atoms with Gasteiger partial charge in [0, 0.05) is 26.2 Å². The lowest BCUT2D eigenvalue weighted by Crippen LogP contribution is -2.45. The maximum absolute atomic E-state index is 12.8. The fourth-order valence-electron chi connectivity index (χ4n) is 3.89. The Labute approximate surface area is 164 Å². The van der Waals surface area contributed by atoms with E-state index in [0.29, 0.717) is 0 Å². The van der Waals surface area contributed by atoms with Crippen LogP contribution < -0.4 is 5.32 Å². The number of rotatable bonds is 5. The average molecular weight is 389 g/mol. The molecular formula is C20H28N4O2S. The smallest absolute Gasteiger partial charge is 0.317 e. The molecule has 2 saturated heterocycles. The Kier molecular flexibility index (Phi) is 6.21. The van der Waals surface area contributed by atoms with E-state index in [1.165, 1.54) is 4.70 Å². The molecule has 146 valence electrons. The van der Waals surface area contributed by atoms with Crippen LogP contribution in [0.25, 0.3) is 10.2 Å². The van der Waals surface area contributed by atoms with Gasteiger partial charge >= 0.3 is 6.03 Å². The number of para-hydroxylation sites is 1. The fraction of sp³-hybridized carbons (Fsp3) is 0.600. The molecule has 6 nitrogen and oxygen atoms in total. The molecule has 0 radical (unpaired) electrons. The van der Waals surface area contributed by atoms with Crippen molar-refractivity contribution in [3.63, 3.8) is 0 Å². The molecule has 1 atom stereocenters. The Morgan fingerprint density at radius 2 is 2.07 bits per heavy atom. The predicted molar refractivity (Wildman–Crippen MR) is 108 cm³/mol. The van der Waals surface area contributed by atoms with Crippen molar-refractivity contribution in [1.29, 1.82) is 0 Å². The van der Waals surface area contributed by atoms with Crippen molar-refractivity contribution < 1.29 is 9.53 Å². The van der Waals surface area contributed by atoms with Crippen LogP contribution in [0.15, 0.2) is 24.3 Å². The highest BCUT2D eigenvalue weighted by molar-refractivity contribution is 7.18. The van der Waals surface area contributed by atoms with E-state index in [4.69, 9.17) is 9.72 Å². The Hall–Kier alpha value is -1.70. The van der Waals surface area contributed by atoms with Gasteiger partial charge in [-0.25, -0.2) is 9.78 Å². The number of hydrogen-bond donors (Lipinski definition) is 1. The number of morpholine rings is 1. The summed E-state index contributed by atoms with van der Waals surface area (Å²) in [6, 6.07) is 8.38. The summed E-state index contributed by atoms with van der Waals surface area (Å²) in [6.45, 7) is 6.20. The van der Waals surface area contributed by atoms with Crippen LogP contribution in [0.1, 0.15) is 36.7 Å². The number of hydrogen-bond acceptors (Lipinski definition) is 5. The highest BCUT2D eigenvalue weighted by Crippen LogP contribution is 2.35. The number of likely N-dealkylation sites (tertiary alicyclic amines) is 1. The summed E-state index contributed by atoms with van der Waals surface area (Å²) >= 11 is 1.72. The quantitative estimate of drug-likeness (QED) is 0.799. The van der Waals surface area contributed by atoms with Crippen LogP contribution >= 0.6 is 11.3 Å². The zero-order chi connectivity index (χ0) is 18.5. The minimum atomic E-state index is 0.0564. The van der Waals surface area contributed by atoms with Gasteiger partial charge in [-0.3, -0.25) is 4.90 Å². The number of nitrogens with zero attached hydrogens (tertiary/aromatic N) is 3. The lowest BCUT2D eigenvalue weighted by Gasteiger charge is -2.34. The van der Waals surface area contributed by atoms with Crippen LogP contribution in [-0.4, -0.2) is 66.8 Å². The number of piperidine rings is 1. The number of fused-ring (bicyclic) bond motifs is 1. The monoisotopic (exact) mass is 388 g/mol. The van der Waals surface area contributed by atoms with E-state index in [1.54, 1.807) is 11.3 Å². The number of nitrogens with one attached hydrogen (secondary N) is 1. The van der Waals surface area contributed by atoms with E-state index < -0.39 is 0 Å². The third kappa shape index (κ3) is 4.59. The molecule has 2 aliphatic heterocycles. The van der Waals surface area contributed by atoms with Gasteiger partial charge in [0.2, 0.25) is 0 Å². The minimum Gasteiger partial charge on any atom is -0.379 e. The van der Waals surface area contributed by atoms with Crippen molar-refractivity contribution in [2.75, 3.05) is 45.9 Å². The molecule has 1 N–H and O–H groups in total. The lowest BCUT2D eigenvalue weighted by molar-refractivity contribution is 0.0374. The van der Waals surface area contributed by atoms with Crippen molar-refractivity contribution in [3.8, 4) is 0 Å². The molecule has 2 aliphatic rings. The molecule has 0 spiro atoms. The van der Waals surface area contributed by atoms with Crippen molar-refractivity contribution in [1.82, 2.24) is 20.1 Å². The Balaban J connectivity index is 1.33. The third-order valence-electron chi connectivity index (χ3n) is 5.39. The molecule has 7 heteroatoms. The third-order valence-corrected chi connectivity index (χ3v) is 6.53. The van der Waals surface area contributed by atoms with Gasteiger partial charge in [0.25, 0.3) is 0 Å². The topological polar surface area (TPSA) is 57.7 Å². The number of thiazole rings is 1. The summed E-state index contributed by atoms with van der Waals surface area (Å²) in [5, 5.41) is 4.20. The highest BCUT2D eigenvalue weighted by atomic mass is 32.1. The van der Waals surface area contributed by atoms with Crippen LogP contribution in [0.3, 0.4) is 0 Å². The first-order valence-electron chi connectivity index (χ1n) is 10.0. The number of amides is 2. The van der Waals surface area contributed by atoms with E-state index in [1.807, 2.05) is 23.1 Å². The molecule has 2 aromatic rings. The summed E-state index contributed by atoms with van der Waals surface area (Å²) in [5.74, 6) is 0. The fourth-order valence-corrected chi connectivity index (χ4v) is 5.00. The maximum Gasteiger partial charge on any atom is 0.317 e. The molecule has 2 amide bonds. The molecule has 0 saturated carbocycles. The highest BCUT2D eigenvalue weighted by Gasteiger charge is 2.30. The number of carbonyl (C=O) groups is 1. The average Bonchev–Trinajstić information content (AvgIpc) is 3.16. The van der Waals surface area contributed by atoms with Crippen LogP contribution in [0.2, 0.25) is 0 Å². The van der Waals surface area contributed by atoms with Crippen LogP contribution in [0.5, 0.6) is 0 Å².